The number of benzene rings is 1. The molecule has 1 aliphatic carbocycles. The molecule has 1 N–H and O–H groups in total. The fourth-order valence-corrected chi connectivity index (χ4v) is 6.50. The topological polar surface area (TPSA) is 96.0 Å². The largest absolute Gasteiger partial charge is 0.373 e. The molecule has 3 atom stereocenters. The van der Waals surface area contributed by atoms with Crippen molar-refractivity contribution in [2.75, 3.05) is 25.0 Å². The van der Waals surface area contributed by atoms with Gasteiger partial charge in [0.25, 0.3) is 0 Å². The van der Waals surface area contributed by atoms with Gasteiger partial charge in [-0.3, -0.25) is 9.59 Å². The monoisotopic (exact) mass is 449 g/mol. The molecule has 31 heavy (non-hydrogen) atoms. The second kappa shape index (κ2) is 8.88. The van der Waals surface area contributed by atoms with Gasteiger partial charge in [-0.1, -0.05) is 12.8 Å². The Morgan fingerprint density at radius 2 is 1.65 bits per heavy atom. The number of morpholine rings is 1. The van der Waals surface area contributed by atoms with E-state index in [1.807, 2.05) is 18.7 Å². The van der Waals surface area contributed by atoms with E-state index in [-0.39, 0.29) is 47.3 Å². The first-order valence-electron chi connectivity index (χ1n) is 11.1. The first-order chi connectivity index (χ1) is 14.7. The van der Waals surface area contributed by atoms with Gasteiger partial charge in [0, 0.05) is 37.8 Å². The van der Waals surface area contributed by atoms with Crippen LogP contribution in [0.2, 0.25) is 0 Å². The van der Waals surface area contributed by atoms with Crippen LogP contribution in [0.3, 0.4) is 0 Å². The molecular formula is C22H31N3O5S. The maximum Gasteiger partial charge on any atom is 0.243 e. The fourth-order valence-electron chi connectivity index (χ4n) is 4.91. The maximum absolute atomic E-state index is 13.0. The van der Waals surface area contributed by atoms with Crippen molar-refractivity contribution in [1.29, 1.82) is 0 Å². The van der Waals surface area contributed by atoms with Gasteiger partial charge in [-0.2, -0.15) is 4.31 Å². The Hall–Kier alpha value is -1.97. The molecule has 170 valence electrons. The summed E-state index contributed by atoms with van der Waals surface area (Å²) in [6.07, 6.45) is 4.26. The van der Waals surface area contributed by atoms with Crippen LogP contribution >= 0.6 is 0 Å². The Labute approximate surface area is 184 Å². The van der Waals surface area contributed by atoms with Gasteiger partial charge >= 0.3 is 0 Å². The zero-order valence-electron chi connectivity index (χ0n) is 18.1. The molecule has 0 spiro atoms. The molecule has 0 unspecified atom stereocenters. The van der Waals surface area contributed by atoms with Crippen LogP contribution in [0.25, 0.3) is 0 Å². The van der Waals surface area contributed by atoms with Gasteiger partial charge in [0.15, 0.2) is 0 Å². The van der Waals surface area contributed by atoms with Crippen molar-refractivity contribution in [2.24, 2.45) is 5.92 Å². The van der Waals surface area contributed by atoms with Crippen molar-refractivity contribution < 1.29 is 22.7 Å². The maximum atomic E-state index is 13.0. The van der Waals surface area contributed by atoms with E-state index in [4.69, 9.17) is 4.74 Å². The van der Waals surface area contributed by atoms with Gasteiger partial charge in [-0.25, -0.2) is 8.42 Å². The number of anilines is 1. The van der Waals surface area contributed by atoms with Crippen LogP contribution in [0.15, 0.2) is 29.2 Å². The van der Waals surface area contributed by atoms with Crippen molar-refractivity contribution >= 4 is 27.5 Å². The molecular weight excluding hydrogens is 418 g/mol. The van der Waals surface area contributed by atoms with Gasteiger partial charge in [-0.05, 0) is 51.0 Å². The molecule has 9 heteroatoms. The third-order valence-corrected chi connectivity index (χ3v) is 8.29. The minimum absolute atomic E-state index is 0.0578. The number of amides is 2. The molecule has 0 radical (unpaired) electrons. The second-order valence-corrected chi connectivity index (χ2v) is 10.9. The van der Waals surface area contributed by atoms with Gasteiger partial charge in [0.05, 0.1) is 23.0 Å². The highest BCUT2D eigenvalue weighted by Crippen LogP contribution is 2.30. The van der Waals surface area contributed by atoms with Crippen LogP contribution in [0.5, 0.6) is 0 Å². The molecule has 2 saturated heterocycles. The third-order valence-electron chi connectivity index (χ3n) is 6.44. The van der Waals surface area contributed by atoms with E-state index in [0.29, 0.717) is 25.3 Å². The molecule has 1 aromatic rings. The highest BCUT2D eigenvalue weighted by Gasteiger charge is 2.38. The Morgan fingerprint density at radius 1 is 1.03 bits per heavy atom. The Balaban J connectivity index is 1.38. The summed E-state index contributed by atoms with van der Waals surface area (Å²) in [6, 6.07) is 6.51. The summed E-state index contributed by atoms with van der Waals surface area (Å²) >= 11 is 0. The number of sulfonamides is 1. The number of rotatable bonds is 5. The SMILES string of the molecule is C[C@@H]1CN(S(=O)(=O)c2ccc(NC(=O)[C@@H]3CC(=O)N(C4CCCC4)C3)cc2)C[C@H](C)O1. The number of hydrogen-bond donors (Lipinski definition) is 1. The van der Waals surface area contributed by atoms with E-state index >= 15 is 0 Å². The second-order valence-electron chi connectivity index (χ2n) is 8.98. The number of likely N-dealkylation sites (tertiary alicyclic amines) is 1. The Kier molecular flexibility index (Phi) is 6.37. The van der Waals surface area contributed by atoms with Crippen molar-refractivity contribution in [3.8, 4) is 0 Å². The highest BCUT2D eigenvalue weighted by molar-refractivity contribution is 7.89. The van der Waals surface area contributed by atoms with Crippen molar-refractivity contribution in [1.82, 2.24) is 9.21 Å². The van der Waals surface area contributed by atoms with Gasteiger partial charge < -0.3 is 15.0 Å². The number of ether oxygens (including phenoxy) is 1. The van der Waals surface area contributed by atoms with Crippen LogP contribution < -0.4 is 5.32 Å². The number of carbonyl (C=O) groups excluding carboxylic acids is 2. The summed E-state index contributed by atoms with van der Waals surface area (Å²) in [4.78, 5) is 27.1. The predicted octanol–water partition coefficient (Wildman–Crippen LogP) is 2.21. The van der Waals surface area contributed by atoms with E-state index in [9.17, 15) is 18.0 Å². The summed E-state index contributed by atoms with van der Waals surface area (Å²) in [5.74, 6) is -0.504. The first-order valence-corrected chi connectivity index (χ1v) is 12.5. The van der Waals surface area contributed by atoms with Crippen molar-refractivity contribution in [3.63, 3.8) is 0 Å². The van der Waals surface area contributed by atoms with Crippen molar-refractivity contribution in [3.05, 3.63) is 24.3 Å². The standard InChI is InChI=1S/C22H31N3O5S/c1-15-12-24(13-16(2)30-15)31(28,29)20-9-7-18(8-10-20)23-22(27)17-11-21(26)25(14-17)19-5-3-4-6-19/h7-10,15-17,19H,3-6,11-14H2,1-2H3,(H,23,27)/t15-,16+,17-/m1/s1. The van der Waals surface area contributed by atoms with Gasteiger partial charge in [0.1, 0.15) is 0 Å². The first kappa shape index (κ1) is 22.2. The lowest BCUT2D eigenvalue weighted by atomic mass is 10.1. The average Bonchev–Trinajstić information content (AvgIpc) is 3.37. The van der Waals surface area contributed by atoms with E-state index < -0.39 is 10.0 Å². The summed E-state index contributed by atoms with van der Waals surface area (Å²) in [6.45, 7) is 4.82. The molecule has 4 rings (SSSR count). The molecule has 3 aliphatic rings. The number of nitrogens with one attached hydrogen (secondary N) is 1. The van der Waals surface area contributed by atoms with Crippen LogP contribution in [-0.2, 0) is 24.3 Å². The lowest BCUT2D eigenvalue weighted by Crippen LogP contribution is -2.48. The molecule has 2 heterocycles. The number of hydrogen-bond acceptors (Lipinski definition) is 5. The Morgan fingerprint density at radius 3 is 2.26 bits per heavy atom. The summed E-state index contributed by atoms with van der Waals surface area (Å²) < 4.78 is 33.0. The van der Waals surface area contributed by atoms with Crippen molar-refractivity contribution in [2.45, 2.75) is 69.1 Å². The summed E-state index contributed by atoms with van der Waals surface area (Å²) in [5, 5.41) is 2.84. The molecule has 2 aliphatic heterocycles. The lowest BCUT2D eigenvalue weighted by Gasteiger charge is -2.34. The summed E-state index contributed by atoms with van der Waals surface area (Å²) in [5.41, 5.74) is 0.527. The molecule has 0 aromatic heterocycles. The molecule has 1 saturated carbocycles. The van der Waals surface area contributed by atoms with Crippen LogP contribution in [-0.4, -0.2) is 67.3 Å². The van der Waals surface area contributed by atoms with E-state index in [1.165, 1.54) is 16.4 Å². The quantitative estimate of drug-likeness (QED) is 0.744. The predicted molar refractivity (Wildman–Crippen MR) is 116 cm³/mol. The molecule has 8 nitrogen and oxygen atoms in total. The smallest absolute Gasteiger partial charge is 0.243 e. The number of carbonyl (C=O) groups is 2. The minimum atomic E-state index is -3.62. The zero-order chi connectivity index (χ0) is 22.2. The van der Waals surface area contributed by atoms with E-state index in [1.54, 1.807) is 12.1 Å². The third kappa shape index (κ3) is 4.78. The highest BCUT2D eigenvalue weighted by atomic mass is 32.2. The fraction of sp³-hybridized carbons (Fsp3) is 0.636. The average molecular weight is 450 g/mol. The number of nitrogens with zero attached hydrogens (tertiary/aromatic N) is 2. The molecule has 0 bridgehead atoms. The van der Waals surface area contributed by atoms with Gasteiger partial charge in [0.2, 0.25) is 21.8 Å². The molecule has 2 amide bonds. The van der Waals surface area contributed by atoms with Crippen LogP contribution in [0.1, 0.15) is 46.0 Å². The minimum Gasteiger partial charge on any atom is -0.373 e. The zero-order valence-corrected chi connectivity index (χ0v) is 18.9. The lowest BCUT2D eigenvalue weighted by molar-refractivity contribution is -0.129. The van der Waals surface area contributed by atoms with Crippen LogP contribution in [0, 0.1) is 5.92 Å². The summed E-state index contributed by atoms with van der Waals surface area (Å²) in [7, 11) is -3.62. The molecule has 1 aromatic carbocycles. The van der Waals surface area contributed by atoms with Gasteiger partial charge in [-0.15, -0.1) is 0 Å². The Bertz CT molecular complexity index is 917. The normalized spacial score (nSPS) is 28.3. The van der Waals surface area contributed by atoms with E-state index in [0.717, 1.165) is 25.7 Å². The van der Waals surface area contributed by atoms with E-state index in [2.05, 4.69) is 5.32 Å². The van der Waals surface area contributed by atoms with Crippen LogP contribution in [0.4, 0.5) is 5.69 Å². The molecule has 3 fully saturated rings.